The average molecular weight is 304 g/mol. The minimum absolute atomic E-state index is 0.0181. The third kappa shape index (κ3) is 2.36. The Kier molecular flexibility index (Phi) is 2.17. The molecular formula is C17H17NO2S. The van der Waals surface area contributed by atoms with E-state index in [2.05, 4.69) is 0 Å². The summed E-state index contributed by atoms with van der Waals surface area (Å²) in [6.07, 6.45) is -1.15. The molecule has 0 aliphatic heterocycles. The van der Waals surface area contributed by atoms with Gasteiger partial charge in [-0.1, -0.05) is 30.6 Å². The molecule has 0 fully saturated rings. The van der Waals surface area contributed by atoms with Crippen LogP contribution in [0.2, 0.25) is 0 Å². The second kappa shape index (κ2) is 5.04. The zero-order valence-electron chi connectivity index (χ0n) is 16.4. The van der Waals surface area contributed by atoms with E-state index in [1.165, 1.54) is 42.6 Å². The Morgan fingerprint density at radius 2 is 1.90 bits per heavy atom. The van der Waals surface area contributed by atoms with Crippen LogP contribution in [0.25, 0.3) is 10.9 Å². The van der Waals surface area contributed by atoms with E-state index in [1.54, 1.807) is 12.1 Å². The number of hydrogen-bond acceptors (Lipinski definition) is 2. The van der Waals surface area contributed by atoms with E-state index < -0.39 is 23.2 Å². The van der Waals surface area contributed by atoms with Crippen LogP contribution in [0.1, 0.15) is 24.8 Å². The topological polar surface area (TPSA) is 39.1 Å². The van der Waals surface area contributed by atoms with Crippen LogP contribution < -0.4 is 0 Å². The zero-order valence-corrected chi connectivity index (χ0v) is 12.2. The van der Waals surface area contributed by atoms with Crippen molar-refractivity contribution >= 4 is 20.9 Å². The first kappa shape index (κ1) is 9.05. The average Bonchev–Trinajstić information content (AvgIpc) is 2.98. The minimum Gasteiger partial charge on any atom is -0.241 e. The van der Waals surface area contributed by atoms with Crippen molar-refractivity contribution in [3.8, 4) is 0 Å². The summed E-state index contributed by atoms with van der Waals surface area (Å²) in [5.41, 5.74) is 1.28. The predicted molar refractivity (Wildman–Crippen MR) is 85.1 cm³/mol. The Hall–Kier alpha value is -2.07. The van der Waals surface area contributed by atoms with E-state index in [-0.39, 0.29) is 10.5 Å². The zero-order chi connectivity index (χ0) is 19.3. The molecule has 1 aromatic heterocycles. The van der Waals surface area contributed by atoms with Crippen LogP contribution in [0.15, 0.2) is 59.6 Å². The van der Waals surface area contributed by atoms with Crippen molar-refractivity contribution in [2.45, 2.75) is 25.0 Å². The van der Waals surface area contributed by atoms with Crippen molar-refractivity contribution in [2.75, 3.05) is 0 Å². The van der Waals surface area contributed by atoms with Gasteiger partial charge in [-0.15, -0.1) is 0 Å². The second-order valence-corrected chi connectivity index (χ2v) is 6.64. The van der Waals surface area contributed by atoms with Gasteiger partial charge in [-0.3, -0.25) is 0 Å². The number of hydrogen-bond donors (Lipinski definition) is 0. The largest absolute Gasteiger partial charge is 0.268 e. The summed E-state index contributed by atoms with van der Waals surface area (Å²) in [5.74, 6) is 0. The van der Waals surface area contributed by atoms with E-state index in [9.17, 15) is 8.42 Å². The molecule has 108 valence electrons. The van der Waals surface area contributed by atoms with Gasteiger partial charge in [-0.25, -0.2) is 12.4 Å². The molecule has 3 rings (SSSR count). The Morgan fingerprint density at radius 1 is 1.14 bits per heavy atom. The van der Waals surface area contributed by atoms with Crippen LogP contribution in [0.4, 0.5) is 0 Å². The Bertz CT molecular complexity index is 1070. The molecule has 3 aromatic rings. The lowest BCUT2D eigenvalue weighted by Crippen LogP contribution is -2.11. The summed E-state index contributed by atoms with van der Waals surface area (Å²) in [6.45, 7) is -0.959. The molecule has 1 heterocycles. The fourth-order valence-electron chi connectivity index (χ4n) is 2.23. The van der Waals surface area contributed by atoms with Crippen molar-refractivity contribution in [2.24, 2.45) is 0 Å². The highest BCUT2D eigenvalue weighted by atomic mass is 32.2. The Morgan fingerprint density at radius 3 is 2.62 bits per heavy atom. The summed E-state index contributed by atoms with van der Waals surface area (Å²) >= 11 is 0. The molecule has 0 bridgehead atoms. The summed E-state index contributed by atoms with van der Waals surface area (Å²) in [6, 6.07) is 12.1. The van der Waals surface area contributed by atoms with E-state index >= 15 is 0 Å². The van der Waals surface area contributed by atoms with Crippen LogP contribution in [-0.4, -0.2) is 12.4 Å². The smallest absolute Gasteiger partial charge is 0.241 e. The molecule has 4 heteroatoms. The first-order valence-electron chi connectivity index (χ1n) is 8.88. The van der Waals surface area contributed by atoms with E-state index in [1.807, 2.05) is 6.92 Å². The second-order valence-electron chi connectivity index (χ2n) is 4.83. The normalized spacial score (nSPS) is 16.7. The van der Waals surface area contributed by atoms with Gasteiger partial charge in [0.1, 0.15) is 0 Å². The molecule has 0 spiro atoms. The molecule has 2 aromatic carbocycles. The highest BCUT2D eigenvalue weighted by Crippen LogP contribution is 2.23. The highest BCUT2D eigenvalue weighted by Gasteiger charge is 2.18. The van der Waals surface area contributed by atoms with E-state index in [0.29, 0.717) is 10.9 Å². The van der Waals surface area contributed by atoms with Crippen LogP contribution in [-0.2, 0) is 16.4 Å². The molecule has 0 amide bonds. The van der Waals surface area contributed by atoms with E-state index in [0.717, 1.165) is 9.54 Å². The molecule has 0 saturated carbocycles. The lowest BCUT2D eigenvalue weighted by Gasteiger charge is -2.08. The van der Waals surface area contributed by atoms with Gasteiger partial charge < -0.3 is 0 Å². The fraction of sp³-hybridized carbons (Fsp3) is 0.176. The summed E-state index contributed by atoms with van der Waals surface area (Å²) in [5, 5.41) is 0.450. The Labute approximate surface area is 131 Å². The van der Waals surface area contributed by atoms with Gasteiger partial charge in [0.2, 0.25) is 0 Å². The third-order valence-electron chi connectivity index (χ3n) is 3.38. The van der Waals surface area contributed by atoms with Crippen LogP contribution >= 0.6 is 0 Å². The van der Waals surface area contributed by atoms with Crippen LogP contribution in [0.5, 0.6) is 0 Å². The maximum Gasteiger partial charge on any atom is 0.268 e. The van der Waals surface area contributed by atoms with E-state index in [4.69, 9.17) is 6.85 Å². The number of aryl methyl sites for hydroxylation is 2. The summed E-state index contributed by atoms with van der Waals surface area (Å²) in [7, 11) is -3.80. The standard InChI is InChI=1S/C17H17NO2S/c1-3-14-6-9-17-15(12-14)10-11-18(17)21(19,20)16-7-4-13(2)5-8-16/h4-12H,3H2,1-2H3/i1D3,3D2. The highest BCUT2D eigenvalue weighted by molar-refractivity contribution is 7.90. The van der Waals surface area contributed by atoms with Crippen molar-refractivity contribution in [1.82, 2.24) is 3.97 Å². The molecule has 0 atom stereocenters. The first-order chi connectivity index (χ1) is 11.9. The van der Waals surface area contributed by atoms with Gasteiger partial charge in [0.05, 0.1) is 10.4 Å². The molecule has 0 radical (unpaired) electrons. The lowest BCUT2D eigenvalue weighted by atomic mass is 10.1. The SMILES string of the molecule is [2H]C([2H])([2H])C([2H])([2H])c1ccc2c(ccn2S(=O)(=O)c2ccc(C)cc2)c1. The lowest BCUT2D eigenvalue weighted by molar-refractivity contribution is 0.589. The predicted octanol–water partition coefficient (Wildman–Crippen LogP) is 3.75. The summed E-state index contributed by atoms with van der Waals surface area (Å²) < 4.78 is 64.7. The monoisotopic (exact) mass is 304 g/mol. The number of fused-ring (bicyclic) bond motifs is 1. The molecule has 0 aliphatic rings. The molecule has 0 N–H and O–H groups in total. The number of aromatic nitrogens is 1. The van der Waals surface area contributed by atoms with Crippen LogP contribution in [0.3, 0.4) is 0 Å². The van der Waals surface area contributed by atoms with Crippen molar-refractivity contribution in [3.63, 3.8) is 0 Å². The molecular weight excluding hydrogens is 282 g/mol. The van der Waals surface area contributed by atoms with Gasteiger partial charge >= 0.3 is 0 Å². The van der Waals surface area contributed by atoms with Gasteiger partial charge in [0.15, 0.2) is 0 Å². The maximum atomic E-state index is 12.9. The van der Waals surface area contributed by atoms with Gasteiger partial charge in [0, 0.05) is 18.4 Å². The number of rotatable bonds is 3. The molecule has 3 nitrogen and oxygen atoms in total. The van der Waals surface area contributed by atoms with Crippen molar-refractivity contribution < 1.29 is 15.3 Å². The van der Waals surface area contributed by atoms with Crippen molar-refractivity contribution in [1.29, 1.82) is 0 Å². The molecule has 0 aliphatic carbocycles. The van der Waals surface area contributed by atoms with Crippen molar-refractivity contribution in [3.05, 3.63) is 65.9 Å². The van der Waals surface area contributed by atoms with Crippen LogP contribution in [0, 0.1) is 6.92 Å². The fourth-order valence-corrected chi connectivity index (χ4v) is 3.58. The van der Waals surface area contributed by atoms with Gasteiger partial charge in [-0.05, 0) is 49.2 Å². The molecule has 21 heavy (non-hydrogen) atoms. The number of benzene rings is 2. The quantitative estimate of drug-likeness (QED) is 0.739. The first-order valence-corrected chi connectivity index (χ1v) is 7.82. The molecule has 0 unspecified atom stereocenters. The van der Waals surface area contributed by atoms with Gasteiger partial charge in [-0.2, -0.15) is 0 Å². The third-order valence-corrected chi connectivity index (χ3v) is 5.08. The summed E-state index contributed by atoms with van der Waals surface area (Å²) in [4.78, 5) is 0.141. The Balaban J connectivity index is 2.12. The number of nitrogens with zero attached hydrogens (tertiary/aromatic N) is 1. The maximum absolute atomic E-state index is 12.9. The molecule has 0 saturated heterocycles. The minimum atomic E-state index is -3.80. The van der Waals surface area contributed by atoms with Gasteiger partial charge in [0.25, 0.3) is 10.0 Å².